The molecule has 2 aromatic heterocycles. The molecule has 4 rings (SSSR count). The third-order valence-corrected chi connectivity index (χ3v) is 4.14. The van der Waals surface area contributed by atoms with Gasteiger partial charge in [0.15, 0.2) is 0 Å². The van der Waals surface area contributed by atoms with E-state index in [1.807, 2.05) is 18.3 Å². The second-order valence-corrected chi connectivity index (χ2v) is 5.73. The predicted molar refractivity (Wildman–Crippen MR) is 79.8 cm³/mol. The molecule has 1 saturated carbocycles. The average molecular weight is 282 g/mol. The molecule has 0 amide bonds. The van der Waals surface area contributed by atoms with Crippen LogP contribution in [0.3, 0.4) is 0 Å². The quantitative estimate of drug-likeness (QED) is 0.928. The van der Waals surface area contributed by atoms with E-state index in [0.717, 1.165) is 43.7 Å². The highest BCUT2D eigenvalue weighted by molar-refractivity contribution is 5.40. The number of rotatable bonds is 3. The van der Waals surface area contributed by atoms with Crippen LogP contribution in [0.15, 0.2) is 24.4 Å². The van der Waals surface area contributed by atoms with Crippen LogP contribution in [0.5, 0.6) is 0 Å². The zero-order chi connectivity index (χ0) is 14.2. The van der Waals surface area contributed by atoms with Gasteiger partial charge in [-0.1, -0.05) is 6.07 Å². The summed E-state index contributed by atoms with van der Waals surface area (Å²) in [7, 11) is 0. The molecule has 1 aliphatic carbocycles. The van der Waals surface area contributed by atoms with Gasteiger partial charge in [-0.3, -0.25) is 4.98 Å². The fourth-order valence-electron chi connectivity index (χ4n) is 2.94. The van der Waals surface area contributed by atoms with Crippen molar-refractivity contribution in [3.8, 4) is 0 Å². The third-order valence-electron chi connectivity index (χ3n) is 4.14. The second kappa shape index (κ2) is 4.95. The lowest BCUT2D eigenvalue weighted by molar-refractivity contribution is 0.674. The molecular weight excluding hydrogens is 264 g/mol. The van der Waals surface area contributed by atoms with Gasteiger partial charge in [0.2, 0.25) is 11.9 Å². The molecule has 2 aliphatic rings. The molecule has 0 radical (unpaired) electrons. The van der Waals surface area contributed by atoms with Crippen molar-refractivity contribution >= 4 is 11.9 Å². The molecule has 1 atom stereocenters. The van der Waals surface area contributed by atoms with Gasteiger partial charge in [-0.05, 0) is 37.8 Å². The molecule has 2 fully saturated rings. The molecule has 1 saturated heterocycles. The Kier molecular flexibility index (Phi) is 2.94. The molecule has 21 heavy (non-hydrogen) atoms. The number of nitrogen functional groups attached to an aromatic ring is 1. The monoisotopic (exact) mass is 282 g/mol. The SMILES string of the molecule is Nc1nc(C2CC2)nc(N2CCCC2c2ccccn2)n1. The van der Waals surface area contributed by atoms with Gasteiger partial charge in [0.05, 0.1) is 11.7 Å². The molecule has 0 bridgehead atoms. The minimum Gasteiger partial charge on any atom is -0.368 e. The van der Waals surface area contributed by atoms with E-state index >= 15 is 0 Å². The van der Waals surface area contributed by atoms with E-state index in [-0.39, 0.29) is 6.04 Å². The largest absolute Gasteiger partial charge is 0.368 e. The standard InChI is InChI=1S/C15H18N6/c16-14-18-13(10-6-7-10)19-15(20-14)21-9-3-5-12(21)11-4-1-2-8-17-11/h1-2,4,8,10,12H,3,5-7,9H2,(H2,16,18,19,20). The van der Waals surface area contributed by atoms with Crippen LogP contribution in [0.25, 0.3) is 0 Å². The fourth-order valence-corrected chi connectivity index (χ4v) is 2.94. The van der Waals surface area contributed by atoms with Gasteiger partial charge in [0.25, 0.3) is 0 Å². The van der Waals surface area contributed by atoms with Crippen LogP contribution in [0, 0.1) is 0 Å². The van der Waals surface area contributed by atoms with Crippen LogP contribution in [0.1, 0.15) is 49.2 Å². The molecule has 0 aromatic carbocycles. The number of hydrogen-bond donors (Lipinski definition) is 1. The molecule has 1 unspecified atom stereocenters. The van der Waals surface area contributed by atoms with E-state index in [1.54, 1.807) is 0 Å². The summed E-state index contributed by atoms with van der Waals surface area (Å²) in [5, 5.41) is 0. The summed E-state index contributed by atoms with van der Waals surface area (Å²) in [6.45, 7) is 0.939. The Labute approximate surface area is 123 Å². The van der Waals surface area contributed by atoms with Crippen molar-refractivity contribution in [2.45, 2.75) is 37.6 Å². The number of nitrogens with zero attached hydrogens (tertiary/aromatic N) is 5. The van der Waals surface area contributed by atoms with Gasteiger partial charge in [-0.2, -0.15) is 15.0 Å². The maximum absolute atomic E-state index is 5.87. The molecule has 2 aromatic rings. The van der Waals surface area contributed by atoms with Gasteiger partial charge in [0, 0.05) is 18.7 Å². The Bertz CT molecular complexity index is 640. The third kappa shape index (κ3) is 2.41. The molecule has 3 heterocycles. The first-order valence-electron chi connectivity index (χ1n) is 7.50. The highest BCUT2D eigenvalue weighted by Crippen LogP contribution is 2.39. The maximum atomic E-state index is 5.87. The zero-order valence-electron chi connectivity index (χ0n) is 11.8. The summed E-state index contributed by atoms with van der Waals surface area (Å²) in [5.41, 5.74) is 6.94. The number of pyridine rings is 1. The van der Waals surface area contributed by atoms with Gasteiger partial charge in [-0.25, -0.2) is 0 Å². The van der Waals surface area contributed by atoms with E-state index in [0.29, 0.717) is 17.8 Å². The number of nitrogens with two attached hydrogens (primary N) is 1. The molecule has 1 aliphatic heterocycles. The van der Waals surface area contributed by atoms with Crippen molar-refractivity contribution in [3.05, 3.63) is 35.9 Å². The van der Waals surface area contributed by atoms with Crippen LogP contribution in [-0.4, -0.2) is 26.5 Å². The summed E-state index contributed by atoms with van der Waals surface area (Å²) >= 11 is 0. The lowest BCUT2D eigenvalue weighted by Crippen LogP contribution is -2.26. The van der Waals surface area contributed by atoms with E-state index in [4.69, 9.17) is 5.73 Å². The van der Waals surface area contributed by atoms with E-state index in [9.17, 15) is 0 Å². The van der Waals surface area contributed by atoms with Gasteiger partial charge in [0.1, 0.15) is 5.82 Å². The van der Waals surface area contributed by atoms with Crippen molar-refractivity contribution < 1.29 is 0 Å². The molecule has 6 nitrogen and oxygen atoms in total. The van der Waals surface area contributed by atoms with Gasteiger partial charge in [-0.15, -0.1) is 0 Å². The van der Waals surface area contributed by atoms with Crippen LogP contribution < -0.4 is 10.6 Å². The zero-order valence-corrected chi connectivity index (χ0v) is 11.8. The first-order valence-corrected chi connectivity index (χ1v) is 7.50. The molecule has 2 N–H and O–H groups in total. The van der Waals surface area contributed by atoms with Gasteiger partial charge >= 0.3 is 0 Å². The lowest BCUT2D eigenvalue weighted by atomic mass is 10.1. The Balaban J connectivity index is 1.68. The molecular formula is C15H18N6. The first kappa shape index (κ1) is 12.5. The average Bonchev–Trinajstić information content (AvgIpc) is 3.24. The summed E-state index contributed by atoms with van der Waals surface area (Å²) in [4.78, 5) is 20.0. The number of anilines is 2. The smallest absolute Gasteiger partial charge is 0.230 e. The van der Waals surface area contributed by atoms with Crippen LogP contribution in [0.4, 0.5) is 11.9 Å². The molecule has 108 valence electrons. The summed E-state index contributed by atoms with van der Waals surface area (Å²) in [6, 6.07) is 6.26. The lowest BCUT2D eigenvalue weighted by Gasteiger charge is -2.24. The van der Waals surface area contributed by atoms with Crippen molar-refractivity contribution in [2.24, 2.45) is 0 Å². The van der Waals surface area contributed by atoms with Crippen LogP contribution in [0.2, 0.25) is 0 Å². The predicted octanol–water partition coefficient (Wildman–Crippen LogP) is 2.07. The fraction of sp³-hybridized carbons (Fsp3) is 0.467. The van der Waals surface area contributed by atoms with Crippen molar-refractivity contribution in [2.75, 3.05) is 17.2 Å². The Morgan fingerprint density at radius 1 is 1.10 bits per heavy atom. The second-order valence-electron chi connectivity index (χ2n) is 5.73. The topological polar surface area (TPSA) is 80.8 Å². The maximum Gasteiger partial charge on any atom is 0.230 e. The number of hydrogen-bond acceptors (Lipinski definition) is 6. The minimum atomic E-state index is 0.236. The summed E-state index contributed by atoms with van der Waals surface area (Å²) in [6.07, 6.45) is 6.34. The Morgan fingerprint density at radius 3 is 2.76 bits per heavy atom. The van der Waals surface area contributed by atoms with Crippen LogP contribution >= 0.6 is 0 Å². The highest BCUT2D eigenvalue weighted by atomic mass is 15.3. The molecule has 6 heteroatoms. The van der Waals surface area contributed by atoms with Crippen molar-refractivity contribution in [1.29, 1.82) is 0 Å². The van der Waals surface area contributed by atoms with Crippen molar-refractivity contribution in [3.63, 3.8) is 0 Å². The molecule has 0 spiro atoms. The van der Waals surface area contributed by atoms with E-state index < -0.39 is 0 Å². The summed E-state index contributed by atoms with van der Waals surface area (Å²) in [5.74, 6) is 2.36. The summed E-state index contributed by atoms with van der Waals surface area (Å²) < 4.78 is 0. The highest BCUT2D eigenvalue weighted by Gasteiger charge is 2.32. The van der Waals surface area contributed by atoms with Gasteiger partial charge < -0.3 is 10.6 Å². The Hall–Kier alpha value is -2.24. The van der Waals surface area contributed by atoms with E-state index in [1.165, 1.54) is 0 Å². The van der Waals surface area contributed by atoms with E-state index in [2.05, 4.69) is 30.9 Å². The first-order chi connectivity index (χ1) is 10.3. The number of aromatic nitrogens is 4. The van der Waals surface area contributed by atoms with Crippen LogP contribution in [-0.2, 0) is 0 Å². The minimum absolute atomic E-state index is 0.236. The van der Waals surface area contributed by atoms with Crippen molar-refractivity contribution in [1.82, 2.24) is 19.9 Å². The Morgan fingerprint density at radius 2 is 2.00 bits per heavy atom. The normalized spacial score (nSPS) is 21.7.